The summed E-state index contributed by atoms with van der Waals surface area (Å²) in [5.41, 5.74) is 8.91. The number of amides is 1. The fourth-order valence-electron chi connectivity index (χ4n) is 3.42. The van der Waals surface area contributed by atoms with Gasteiger partial charge in [0, 0.05) is 22.5 Å². The number of nitrogen functional groups attached to an aromatic ring is 1. The van der Waals surface area contributed by atoms with Crippen molar-refractivity contribution in [3.63, 3.8) is 0 Å². The van der Waals surface area contributed by atoms with Crippen LogP contribution in [0.3, 0.4) is 0 Å². The Kier molecular flexibility index (Phi) is 5.55. The van der Waals surface area contributed by atoms with Gasteiger partial charge in [0.15, 0.2) is 9.84 Å². The lowest BCUT2D eigenvalue weighted by molar-refractivity contribution is 0.0990. The lowest BCUT2D eigenvalue weighted by Gasteiger charge is -2.20. The third-order valence-corrected chi connectivity index (χ3v) is 5.98. The molecule has 1 amide bonds. The Bertz CT molecular complexity index is 1260. The summed E-state index contributed by atoms with van der Waals surface area (Å²) >= 11 is 6.40. The second-order valence-electron chi connectivity index (χ2n) is 7.18. The first kappa shape index (κ1) is 21.1. The summed E-state index contributed by atoms with van der Waals surface area (Å²) < 4.78 is 28.6. The predicted octanol–water partition coefficient (Wildman–Crippen LogP) is 2.96. The van der Waals surface area contributed by atoms with Crippen LogP contribution >= 0.6 is 11.6 Å². The molecule has 0 bridgehead atoms. The van der Waals surface area contributed by atoms with Crippen LogP contribution in [-0.2, 0) is 15.6 Å². The summed E-state index contributed by atoms with van der Waals surface area (Å²) in [5.74, 6) is -0.155. The van der Waals surface area contributed by atoms with E-state index in [9.17, 15) is 13.2 Å². The van der Waals surface area contributed by atoms with Gasteiger partial charge in [-0.05, 0) is 29.3 Å². The lowest BCUT2D eigenvalue weighted by atomic mass is 10.0. The normalized spacial score (nSPS) is 14.0. The molecule has 0 saturated carbocycles. The smallest absolute Gasteiger partial charge is 0.267 e. The zero-order valence-electron chi connectivity index (χ0n) is 16.6. The fraction of sp³-hybridized carbons (Fsp3) is 0.190. The summed E-state index contributed by atoms with van der Waals surface area (Å²) in [6.45, 7) is 0.597. The number of nitrogens with zero attached hydrogens (tertiary/aromatic N) is 3. The number of anilines is 2. The Balaban J connectivity index is 1.61. The van der Waals surface area contributed by atoms with Crippen LogP contribution in [-0.4, -0.2) is 43.7 Å². The third kappa shape index (κ3) is 4.47. The van der Waals surface area contributed by atoms with Gasteiger partial charge in [0.05, 0.1) is 12.3 Å². The Morgan fingerprint density at radius 3 is 2.58 bits per heavy atom. The minimum atomic E-state index is -3.15. The van der Waals surface area contributed by atoms with Crippen molar-refractivity contribution in [2.45, 2.75) is 5.75 Å². The van der Waals surface area contributed by atoms with Crippen LogP contribution in [0.2, 0.25) is 5.02 Å². The molecule has 4 rings (SSSR count). The molecule has 2 heterocycles. The number of rotatable bonds is 4. The monoisotopic (exact) mass is 458 g/mol. The van der Waals surface area contributed by atoms with Crippen molar-refractivity contribution in [1.82, 2.24) is 9.97 Å². The highest BCUT2D eigenvalue weighted by Gasteiger charge is 2.28. The van der Waals surface area contributed by atoms with Gasteiger partial charge in [-0.3, -0.25) is 4.79 Å². The third-order valence-electron chi connectivity index (χ3n) is 4.81. The van der Waals surface area contributed by atoms with Crippen molar-refractivity contribution in [2.24, 2.45) is 0 Å². The van der Waals surface area contributed by atoms with Crippen LogP contribution in [0.4, 0.5) is 11.5 Å². The maximum atomic E-state index is 13.0. The highest BCUT2D eigenvalue weighted by molar-refractivity contribution is 7.89. The van der Waals surface area contributed by atoms with Gasteiger partial charge in [0.25, 0.3) is 5.91 Å². The van der Waals surface area contributed by atoms with Crippen LogP contribution in [0.25, 0.3) is 11.1 Å². The Hall–Kier alpha value is -3.17. The van der Waals surface area contributed by atoms with Crippen LogP contribution in [0, 0.1) is 0 Å². The van der Waals surface area contributed by atoms with Crippen LogP contribution in [0.5, 0.6) is 5.88 Å². The molecule has 160 valence electrons. The standard InChI is InChI=1S/C21H19ClN4O4S/c1-31(28,29)11-13-2-7-16(17(22)10-13)14-3-5-15(6-4-14)26-8-9-30-20-18(21(26)27)19(23)24-12-25-20/h2-7,10,12H,8-9,11H2,1H3,(H2,23,24,25). The molecule has 2 N–H and O–H groups in total. The summed E-state index contributed by atoms with van der Waals surface area (Å²) in [6.07, 6.45) is 2.44. The molecule has 8 nitrogen and oxygen atoms in total. The molecule has 2 aromatic carbocycles. The van der Waals surface area contributed by atoms with Gasteiger partial charge in [-0.25, -0.2) is 18.4 Å². The fourth-order valence-corrected chi connectivity index (χ4v) is 4.51. The van der Waals surface area contributed by atoms with E-state index in [0.29, 0.717) is 22.8 Å². The van der Waals surface area contributed by atoms with E-state index < -0.39 is 9.84 Å². The number of nitrogens with two attached hydrogens (primary N) is 1. The molecular formula is C21H19ClN4O4S. The van der Waals surface area contributed by atoms with Gasteiger partial charge in [-0.15, -0.1) is 0 Å². The Morgan fingerprint density at radius 1 is 1.16 bits per heavy atom. The number of sulfone groups is 1. The van der Waals surface area contributed by atoms with Crippen molar-refractivity contribution in [3.8, 4) is 17.0 Å². The molecule has 0 saturated heterocycles. The van der Waals surface area contributed by atoms with E-state index in [1.165, 1.54) is 12.6 Å². The van der Waals surface area contributed by atoms with Gasteiger partial charge in [-0.2, -0.15) is 0 Å². The molecule has 0 atom stereocenters. The van der Waals surface area contributed by atoms with E-state index in [4.69, 9.17) is 22.1 Å². The van der Waals surface area contributed by atoms with E-state index in [-0.39, 0.29) is 35.5 Å². The molecule has 0 unspecified atom stereocenters. The number of hydrogen-bond acceptors (Lipinski definition) is 7. The second kappa shape index (κ2) is 8.16. The van der Waals surface area contributed by atoms with Gasteiger partial charge in [-0.1, -0.05) is 35.9 Å². The first-order valence-electron chi connectivity index (χ1n) is 9.34. The van der Waals surface area contributed by atoms with Gasteiger partial charge >= 0.3 is 0 Å². The van der Waals surface area contributed by atoms with Crippen molar-refractivity contribution >= 4 is 38.9 Å². The maximum absolute atomic E-state index is 13.0. The molecule has 1 aromatic heterocycles. The van der Waals surface area contributed by atoms with E-state index in [1.807, 2.05) is 12.1 Å². The Morgan fingerprint density at radius 2 is 1.90 bits per heavy atom. The van der Waals surface area contributed by atoms with Crippen LogP contribution < -0.4 is 15.4 Å². The quantitative estimate of drug-likeness (QED) is 0.638. The zero-order valence-corrected chi connectivity index (χ0v) is 18.2. The molecule has 0 radical (unpaired) electrons. The molecular weight excluding hydrogens is 440 g/mol. The summed E-state index contributed by atoms with van der Waals surface area (Å²) in [6, 6.07) is 12.5. The zero-order chi connectivity index (χ0) is 22.2. The number of aromatic nitrogens is 2. The molecule has 31 heavy (non-hydrogen) atoms. The number of hydrogen-bond donors (Lipinski definition) is 1. The topological polar surface area (TPSA) is 115 Å². The van der Waals surface area contributed by atoms with Crippen molar-refractivity contribution in [2.75, 3.05) is 30.0 Å². The average molecular weight is 459 g/mol. The molecule has 3 aromatic rings. The van der Waals surface area contributed by atoms with Crippen molar-refractivity contribution in [3.05, 3.63) is 64.9 Å². The van der Waals surface area contributed by atoms with Crippen molar-refractivity contribution in [1.29, 1.82) is 0 Å². The second-order valence-corrected chi connectivity index (χ2v) is 9.72. The van der Waals surface area contributed by atoms with Gasteiger partial charge in [0.1, 0.15) is 24.3 Å². The summed E-state index contributed by atoms with van der Waals surface area (Å²) in [4.78, 5) is 22.5. The maximum Gasteiger partial charge on any atom is 0.267 e. The van der Waals surface area contributed by atoms with E-state index in [2.05, 4.69) is 9.97 Å². The van der Waals surface area contributed by atoms with E-state index >= 15 is 0 Å². The van der Waals surface area contributed by atoms with E-state index in [1.54, 1.807) is 35.2 Å². The number of carbonyl (C=O) groups excluding carboxylic acids is 1. The van der Waals surface area contributed by atoms with Crippen LogP contribution in [0.1, 0.15) is 15.9 Å². The van der Waals surface area contributed by atoms with Crippen LogP contribution in [0.15, 0.2) is 48.8 Å². The van der Waals surface area contributed by atoms with Crippen molar-refractivity contribution < 1.29 is 17.9 Å². The SMILES string of the molecule is CS(=O)(=O)Cc1ccc(-c2ccc(N3CCOc4ncnc(N)c4C3=O)cc2)c(Cl)c1. The first-order valence-corrected chi connectivity index (χ1v) is 11.8. The average Bonchev–Trinajstić information content (AvgIpc) is 2.87. The lowest BCUT2D eigenvalue weighted by Crippen LogP contribution is -2.32. The molecule has 1 aliphatic heterocycles. The molecule has 1 aliphatic rings. The largest absolute Gasteiger partial charge is 0.475 e. The predicted molar refractivity (Wildman–Crippen MR) is 119 cm³/mol. The van der Waals surface area contributed by atoms with Gasteiger partial charge < -0.3 is 15.4 Å². The number of halogens is 1. The number of fused-ring (bicyclic) bond motifs is 1. The number of carbonyl (C=O) groups is 1. The van der Waals surface area contributed by atoms with Gasteiger partial charge in [0.2, 0.25) is 5.88 Å². The van der Waals surface area contributed by atoms with E-state index in [0.717, 1.165) is 11.1 Å². The highest BCUT2D eigenvalue weighted by Crippen LogP contribution is 2.32. The first-order chi connectivity index (χ1) is 14.7. The highest BCUT2D eigenvalue weighted by atomic mass is 35.5. The minimum absolute atomic E-state index is 0.0690. The number of benzene rings is 2. The molecule has 0 aliphatic carbocycles. The Labute approximate surface area is 184 Å². The molecule has 0 fully saturated rings. The number of ether oxygens (including phenoxy) is 1. The molecule has 0 spiro atoms. The summed E-state index contributed by atoms with van der Waals surface area (Å²) in [5, 5.41) is 0.451. The molecule has 10 heteroatoms. The summed E-state index contributed by atoms with van der Waals surface area (Å²) in [7, 11) is -3.15. The minimum Gasteiger partial charge on any atom is -0.475 e.